The summed E-state index contributed by atoms with van der Waals surface area (Å²) in [5, 5.41) is 1.46. The minimum absolute atomic E-state index is 0.0504. The quantitative estimate of drug-likeness (QED) is 0.180. The van der Waals surface area contributed by atoms with Crippen LogP contribution < -0.4 is 5.73 Å². The number of primary amides is 1. The maximum absolute atomic E-state index is 11.4. The summed E-state index contributed by atoms with van der Waals surface area (Å²) >= 11 is 12.6. The molecule has 1 amide bonds. The fraction of sp³-hybridized carbons (Fsp3) is 0.278. The zero-order valence-electron chi connectivity index (χ0n) is 23.9. The van der Waals surface area contributed by atoms with Crippen molar-refractivity contribution in [3.05, 3.63) is 135 Å². The molecule has 0 spiro atoms. The molecule has 0 bridgehead atoms. The highest BCUT2D eigenvalue weighted by atomic mass is 35.5. The SMILES string of the molecule is NC(=O)c1ccc(CN2CCC(n3c(C4CC4)nc4ccc(C(c5ccc(Cl)cc5)c5ccc(Cl)cc5)cc43)CC2)cc1. The molecule has 0 atom stereocenters. The van der Waals surface area contributed by atoms with E-state index in [0.29, 0.717) is 17.5 Å². The van der Waals surface area contributed by atoms with Crippen molar-refractivity contribution in [1.29, 1.82) is 0 Å². The number of likely N-dealkylation sites (tertiary alicyclic amines) is 1. The fourth-order valence-corrected chi connectivity index (χ4v) is 6.83. The standard InChI is InChI=1S/C36H34Cl2N4O/c37-29-12-7-24(8-13-29)34(25-9-14-30(38)15-10-25)28-11-16-32-33(21-28)42(36(40-32)27-5-6-27)31-17-19-41(20-18-31)22-23-1-3-26(4-2-23)35(39)43/h1-4,7-16,21,27,31,34H,5-6,17-20,22H2,(H2,39,43). The van der Waals surface area contributed by atoms with Gasteiger partial charge in [-0.3, -0.25) is 9.69 Å². The van der Waals surface area contributed by atoms with Gasteiger partial charge in [0.25, 0.3) is 0 Å². The summed E-state index contributed by atoms with van der Waals surface area (Å²) in [6, 6.07) is 31.2. The molecule has 0 unspecified atom stereocenters. The van der Waals surface area contributed by atoms with Gasteiger partial charge in [-0.05, 0) is 96.5 Å². The summed E-state index contributed by atoms with van der Waals surface area (Å²) < 4.78 is 2.58. The first-order valence-corrected chi connectivity index (χ1v) is 15.8. The second kappa shape index (κ2) is 11.8. The summed E-state index contributed by atoms with van der Waals surface area (Å²) in [5.41, 5.74) is 13.1. The zero-order chi connectivity index (χ0) is 29.5. The van der Waals surface area contributed by atoms with Crippen LogP contribution in [0.1, 0.15) is 82.0 Å². The van der Waals surface area contributed by atoms with Crippen LogP contribution in [0.3, 0.4) is 0 Å². The minimum Gasteiger partial charge on any atom is -0.366 e. The first kappa shape index (κ1) is 28.1. The second-order valence-corrected chi connectivity index (χ2v) is 12.8. The topological polar surface area (TPSA) is 64.2 Å². The molecule has 5 aromatic rings. The van der Waals surface area contributed by atoms with Crippen molar-refractivity contribution in [1.82, 2.24) is 14.5 Å². The largest absolute Gasteiger partial charge is 0.366 e. The number of hydrogen-bond donors (Lipinski definition) is 1. The van der Waals surface area contributed by atoms with Crippen molar-refractivity contribution in [3.8, 4) is 0 Å². The Kier molecular flexibility index (Phi) is 7.72. The van der Waals surface area contributed by atoms with E-state index in [-0.39, 0.29) is 11.8 Å². The van der Waals surface area contributed by atoms with Crippen molar-refractivity contribution in [3.63, 3.8) is 0 Å². The van der Waals surface area contributed by atoms with E-state index in [9.17, 15) is 4.79 Å². The van der Waals surface area contributed by atoms with E-state index in [2.05, 4.69) is 51.9 Å². The predicted molar refractivity (Wildman–Crippen MR) is 174 cm³/mol. The molecule has 1 saturated carbocycles. The van der Waals surface area contributed by atoms with Crippen molar-refractivity contribution < 1.29 is 4.79 Å². The Morgan fingerprint density at radius 2 is 1.37 bits per heavy atom. The summed E-state index contributed by atoms with van der Waals surface area (Å²) in [6.45, 7) is 2.91. The van der Waals surface area contributed by atoms with Gasteiger partial charge in [-0.2, -0.15) is 0 Å². The van der Waals surface area contributed by atoms with E-state index in [1.165, 1.54) is 46.4 Å². The molecule has 7 rings (SSSR count). The molecule has 2 fully saturated rings. The van der Waals surface area contributed by atoms with Crippen molar-refractivity contribution in [2.45, 2.75) is 50.1 Å². The zero-order valence-corrected chi connectivity index (χ0v) is 25.4. The van der Waals surface area contributed by atoms with Gasteiger partial charge < -0.3 is 10.3 Å². The number of halogens is 2. The normalized spacial score (nSPS) is 16.3. The van der Waals surface area contributed by atoms with Crippen LogP contribution in [0.5, 0.6) is 0 Å². The van der Waals surface area contributed by atoms with Crippen LogP contribution in [0, 0.1) is 0 Å². The molecule has 2 heterocycles. The maximum Gasteiger partial charge on any atom is 0.248 e. The lowest BCUT2D eigenvalue weighted by Gasteiger charge is -2.34. The van der Waals surface area contributed by atoms with Gasteiger partial charge in [0.05, 0.1) is 11.0 Å². The summed E-state index contributed by atoms with van der Waals surface area (Å²) in [5.74, 6) is 1.47. The monoisotopic (exact) mass is 608 g/mol. The highest BCUT2D eigenvalue weighted by Gasteiger charge is 2.33. The van der Waals surface area contributed by atoms with Crippen LogP contribution in [0.4, 0.5) is 0 Å². The number of aromatic nitrogens is 2. The highest BCUT2D eigenvalue weighted by Crippen LogP contribution is 2.44. The molecule has 2 aliphatic rings. The third-order valence-electron chi connectivity index (χ3n) is 8.99. The van der Waals surface area contributed by atoms with Crippen molar-refractivity contribution >= 4 is 40.1 Å². The number of carbonyl (C=O) groups excluding carboxylic acids is 1. The van der Waals surface area contributed by atoms with E-state index in [0.717, 1.165) is 48.0 Å². The molecule has 1 aliphatic heterocycles. The first-order valence-electron chi connectivity index (χ1n) is 15.1. The van der Waals surface area contributed by atoms with E-state index in [4.69, 9.17) is 33.9 Å². The lowest BCUT2D eigenvalue weighted by molar-refractivity contribution is 0.1000. The van der Waals surface area contributed by atoms with Crippen LogP contribution >= 0.6 is 23.2 Å². The summed E-state index contributed by atoms with van der Waals surface area (Å²) in [7, 11) is 0. The van der Waals surface area contributed by atoms with Gasteiger partial charge in [-0.1, -0.05) is 65.7 Å². The molecule has 4 aromatic carbocycles. The van der Waals surface area contributed by atoms with Gasteiger partial charge in [0.2, 0.25) is 5.91 Å². The van der Waals surface area contributed by atoms with Gasteiger partial charge in [-0.25, -0.2) is 4.98 Å². The average Bonchev–Trinajstić information content (AvgIpc) is 3.80. The van der Waals surface area contributed by atoms with Gasteiger partial charge in [0.1, 0.15) is 5.82 Å². The number of nitrogens with two attached hydrogens (primary N) is 1. The Balaban J connectivity index is 1.20. The van der Waals surface area contributed by atoms with Crippen LogP contribution in [0.2, 0.25) is 10.0 Å². The smallest absolute Gasteiger partial charge is 0.248 e. The Morgan fingerprint density at radius 1 is 0.791 bits per heavy atom. The number of benzene rings is 4. The number of amides is 1. The molecule has 43 heavy (non-hydrogen) atoms. The lowest BCUT2D eigenvalue weighted by Crippen LogP contribution is -2.34. The Morgan fingerprint density at radius 3 is 1.93 bits per heavy atom. The van der Waals surface area contributed by atoms with Crippen LogP contribution in [-0.2, 0) is 6.54 Å². The first-order chi connectivity index (χ1) is 20.9. The van der Waals surface area contributed by atoms with Crippen molar-refractivity contribution in [2.75, 3.05) is 13.1 Å². The van der Waals surface area contributed by atoms with Gasteiger partial charge in [0, 0.05) is 53.1 Å². The third kappa shape index (κ3) is 5.95. The van der Waals surface area contributed by atoms with Gasteiger partial charge in [-0.15, -0.1) is 0 Å². The Bertz CT molecular complexity index is 1710. The molecule has 7 heteroatoms. The lowest BCUT2D eigenvalue weighted by atomic mass is 9.85. The van der Waals surface area contributed by atoms with E-state index >= 15 is 0 Å². The predicted octanol–water partition coefficient (Wildman–Crippen LogP) is 8.34. The number of hydrogen-bond acceptors (Lipinski definition) is 3. The van der Waals surface area contributed by atoms with Crippen LogP contribution in [-0.4, -0.2) is 33.4 Å². The molecule has 2 N–H and O–H groups in total. The number of imidazole rings is 1. The van der Waals surface area contributed by atoms with Gasteiger partial charge in [0.15, 0.2) is 0 Å². The molecule has 5 nitrogen and oxygen atoms in total. The average molecular weight is 610 g/mol. The van der Waals surface area contributed by atoms with Gasteiger partial charge >= 0.3 is 0 Å². The second-order valence-electron chi connectivity index (χ2n) is 12.0. The fourth-order valence-electron chi connectivity index (χ4n) is 6.58. The number of nitrogens with zero attached hydrogens (tertiary/aromatic N) is 3. The Hall–Kier alpha value is -3.64. The number of rotatable bonds is 8. The minimum atomic E-state index is -0.387. The summed E-state index contributed by atoms with van der Waals surface area (Å²) in [4.78, 5) is 19.2. The molecular weight excluding hydrogens is 575 g/mol. The molecule has 1 saturated heterocycles. The van der Waals surface area contributed by atoms with Crippen molar-refractivity contribution in [2.24, 2.45) is 5.73 Å². The molecular formula is C36H34Cl2N4O. The third-order valence-corrected chi connectivity index (χ3v) is 9.49. The van der Waals surface area contributed by atoms with E-state index in [1.807, 2.05) is 48.5 Å². The van der Waals surface area contributed by atoms with Crippen LogP contribution in [0.25, 0.3) is 11.0 Å². The highest BCUT2D eigenvalue weighted by molar-refractivity contribution is 6.30. The number of fused-ring (bicyclic) bond motifs is 1. The Labute approximate surface area is 262 Å². The summed E-state index contributed by atoms with van der Waals surface area (Å²) in [6.07, 6.45) is 4.59. The molecule has 0 radical (unpaired) electrons. The van der Waals surface area contributed by atoms with E-state index in [1.54, 1.807) is 0 Å². The number of piperidine rings is 1. The van der Waals surface area contributed by atoms with E-state index < -0.39 is 0 Å². The molecule has 1 aromatic heterocycles. The number of carbonyl (C=O) groups is 1. The molecule has 218 valence electrons. The van der Waals surface area contributed by atoms with Crippen LogP contribution in [0.15, 0.2) is 91.0 Å². The maximum atomic E-state index is 11.4. The molecule has 1 aliphatic carbocycles.